The van der Waals surface area contributed by atoms with Gasteiger partial charge in [0.15, 0.2) is 0 Å². The summed E-state index contributed by atoms with van der Waals surface area (Å²) in [4.78, 5) is 0. The minimum Gasteiger partial charge on any atom is -0.207 e. The van der Waals surface area contributed by atoms with Gasteiger partial charge in [-0.1, -0.05) is 54.1 Å². The Bertz CT molecular complexity index is 492. The molecule has 0 nitrogen and oxygen atoms in total. The summed E-state index contributed by atoms with van der Waals surface area (Å²) in [6, 6.07) is 15.0. The van der Waals surface area contributed by atoms with E-state index in [-0.39, 0.29) is 5.82 Å². The molecule has 2 rings (SSSR count). The molecule has 2 aromatic rings. The first kappa shape index (κ1) is 11.6. The molecule has 0 heterocycles. The van der Waals surface area contributed by atoms with Crippen molar-refractivity contribution in [2.45, 2.75) is 13.3 Å². The molecule has 1 heteroatoms. The molecule has 0 spiro atoms. The molecule has 86 valence electrons. The first-order valence-corrected chi connectivity index (χ1v) is 5.72. The van der Waals surface area contributed by atoms with Crippen LogP contribution in [-0.4, -0.2) is 0 Å². The summed E-state index contributed by atoms with van der Waals surface area (Å²) >= 11 is 0. The summed E-state index contributed by atoms with van der Waals surface area (Å²) in [6.07, 6.45) is 5.01. The summed E-state index contributed by atoms with van der Waals surface area (Å²) in [6.45, 7) is 2.08. The molecule has 0 atom stereocenters. The quantitative estimate of drug-likeness (QED) is 0.728. The van der Waals surface area contributed by atoms with E-state index in [1.54, 1.807) is 12.1 Å². The highest BCUT2D eigenvalue weighted by atomic mass is 19.1. The van der Waals surface area contributed by atoms with Crippen molar-refractivity contribution >= 4 is 6.08 Å². The van der Waals surface area contributed by atoms with E-state index in [4.69, 9.17) is 0 Å². The standard InChI is InChI=1S/C16H15F/c1-13-5-7-14(8-6-13)3-2-4-15-9-11-16(17)12-10-15/h2,4-12H,3H2,1H3/b4-2+. The highest BCUT2D eigenvalue weighted by Crippen LogP contribution is 2.08. The Kier molecular flexibility index (Phi) is 3.71. The van der Waals surface area contributed by atoms with Crippen molar-refractivity contribution in [2.24, 2.45) is 0 Å². The summed E-state index contributed by atoms with van der Waals surface area (Å²) in [5, 5.41) is 0. The lowest BCUT2D eigenvalue weighted by molar-refractivity contribution is 0.628. The predicted molar refractivity (Wildman–Crippen MR) is 70.3 cm³/mol. The second-order valence-corrected chi connectivity index (χ2v) is 4.14. The van der Waals surface area contributed by atoms with Gasteiger partial charge in [-0.2, -0.15) is 0 Å². The van der Waals surface area contributed by atoms with Gasteiger partial charge < -0.3 is 0 Å². The van der Waals surface area contributed by atoms with Crippen LogP contribution in [0.15, 0.2) is 54.6 Å². The van der Waals surface area contributed by atoms with Crippen LogP contribution in [0, 0.1) is 12.7 Å². The summed E-state index contributed by atoms with van der Waals surface area (Å²) in [7, 11) is 0. The third-order valence-corrected chi connectivity index (χ3v) is 2.65. The molecule has 0 radical (unpaired) electrons. The van der Waals surface area contributed by atoms with E-state index in [9.17, 15) is 4.39 Å². The van der Waals surface area contributed by atoms with Crippen LogP contribution in [0.1, 0.15) is 16.7 Å². The first-order valence-electron chi connectivity index (χ1n) is 5.72. The second-order valence-electron chi connectivity index (χ2n) is 4.14. The molecule has 0 aliphatic carbocycles. The van der Waals surface area contributed by atoms with Crippen LogP contribution in [0.5, 0.6) is 0 Å². The molecule has 0 aromatic heterocycles. The molecular weight excluding hydrogens is 211 g/mol. The van der Waals surface area contributed by atoms with Gasteiger partial charge in [0.25, 0.3) is 0 Å². The third-order valence-electron chi connectivity index (χ3n) is 2.65. The maximum atomic E-state index is 12.7. The minimum absolute atomic E-state index is 0.194. The van der Waals surface area contributed by atoms with Gasteiger partial charge in [-0.25, -0.2) is 4.39 Å². The van der Waals surface area contributed by atoms with E-state index in [0.29, 0.717) is 0 Å². The van der Waals surface area contributed by atoms with Crippen molar-refractivity contribution < 1.29 is 4.39 Å². The Morgan fingerprint density at radius 3 is 2.24 bits per heavy atom. The average molecular weight is 226 g/mol. The normalized spacial score (nSPS) is 10.9. The summed E-state index contributed by atoms with van der Waals surface area (Å²) in [5.41, 5.74) is 3.59. The largest absolute Gasteiger partial charge is 0.207 e. The molecule has 0 saturated heterocycles. The Morgan fingerprint density at radius 2 is 1.59 bits per heavy atom. The monoisotopic (exact) mass is 226 g/mol. The smallest absolute Gasteiger partial charge is 0.123 e. The van der Waals surface area contributed by atoms with E-state index >= 15 is 0 Å². The van der Waals surface area contributed by atoms with E-state index in [2.05, 4.69) is 37.3 Å². The van der Waals surface area contributed by atoms with Gasteiger partial charge in [-0.3, -0.25) is 0 Å². The zero-order valence-electron chi connectivity index (χ0n) is 9.86. The molecular formula is C16H15F. The third kappa shape index (κ3) is 3.56. The molecule has 0 N–H and O–H groups in total. The number of rotatable bonds is 3. The fourth-order valence-electron chi connectivity index (χ4n) is 1.63. The van der Waals surface area contributed by atoms with Crippen molar-refractivity contribution in [3.05, 3.63) is 77.1 Å². The summed E-state index contributed by atoms with van der Waals surface area (Å²) < 4.78 is 12.7. The van der Waals surface area contributed by atoms with Gasteiger partial charge in [0.2, 0.25) is 0 Å². The molecule has 0 saturated carbocycles. The highest BCUT2D eigenvalue weighted by Gasteiger charge is 1.90. The van der Waals surface area contributed by atoms with Crippen LogP contribution in [0.3, 0.4) is 0 Å². The molecule has 2 aromatic carbocycles. The Hall–Kier alpha value is -1.89. The van der Waals surface area contributed by atoms with Crippen LogP contribution >= 0.6 is 0 Å². The van der Waals surface area contributed by atoms with Crippen LogP contribution in [-0.2, 0) is 6.42 Å². The van der Waals surface area contributed by atoms with Crippen LogP contribution < -0.4 is 0 Å². The Labute approximate surface area is 101 Å². The fraction of sp³-hybridized carbons (Fsp3) is 0.125. The minimum atomic E-state index is -0.194. The lowest BCUT2D eigenvalue weighted by atomic mass is 10.1. The lowest BCUT2D eigenvalue weighted by Gasteiger charge is -1.97. The molecule has 0 unspecified atom stereocenters. The highest BCUT2D eigenvalue weighted by molar-refractivity contribution is 5.49. The van der Waals surface area contributed by atoms with Crippen molar-refractivity contribution in [3.8, 4) is 0 Å². The number of hydrogen-bond donors (Lipinski definition) is 0. The molecule has 0 fully saturated rings. The van der Waals surface area contributed by atoms with Gasteiger partial charge in [-0.15, -0.1) is 0 Å². The number of halogens is 1. The topological polar surface area (TPSA) is 0 Å². The van der Waals surface area contributed by atoms with Crippen molar-refractivity contribution in [1.82, 2.24) is 0 Å². The van der Waals surface area contributed by atoms with Gasteiger partial charge in [0, 0.05) is 0 Å². The molecule has 0 bridgehead atoms. The second kappa shape index (κ2) is 5.44. The average Bonchev–Trinajstić information content (AvgIpc) is 2.34. The van der Waals surface area contributed by atoms with Gasteiger partial charge in [0.05, 0.1) is 0 Å². The zero-order valence-corrected chi connectivity index (χ0v) is 9.86. The Balaban J connectivity index is 1.97. The van der Waals surface area contributed by atoms with Crippen LogP contribution in [0.4, 0.5) is 4.39 Å². The molecule has 0 aliphatic heterocycles. The lowest BCUT2D eigenvalue weighted by Crippen LogP contribution is -1.81. The van der Waals surface area contributed by atoms with Gasteiger partial charge in [0.1, 0.15) is 5.82 Å². The fourth-order valence-corrected chi connectivity index (χ4v) is 1.63. The number of benzene rings is 2. The molecule has 0 aliphatic rings. The maximum absolute atomic E-state index is 12.7. The van der Waals surface area contributed by atoms with E-state index in [1.807, 2.05) is 6.08 Å². The maximum Gasteiger partial charge on any atom is 0.123 e. The zero-order chi connectivity index (χ0) is 12.1. The molecule has 17 heavy (non-hydrogen) atoms. The number of allylic oxidation sites excluding steroid dienone is 1. The van der Waals surface area contributed by atoms with E-state index < -0.39 is 0 Å². The van der Waals surface area contributed by atoms with Crippen LogP contribution in [0.25, 0.3) is 6.08 Å². The van der Waals surface area contributed by atoms with E-state index in [0.717, 1.165) is 12.0 Å². The van der Waals surface area contributed by atoms with E-state index in [1.165, 1.54) is 23.3 Å². The van der Waals surface area contributed by atoms with Gasteiger partial charge in [-0.05, 0) is 36.6 Å². The number of hydrogen-bond acceptors (Lipinski definition) is 0. The van der Waals surface area contributed by atoms with Gasteiger partial charge >= 0.3 is 0 Å². The van der Waals surface area contributed by atoms with Crippen molar-refractivity contribution in [3.63, 3.8) is 0 Å². The Morgan fingerprint density at radius 1 is 0.941 bits per heavy atom. The number of aryl methyl sites for hydroxylation is 1. The van der Waals surface area contributed by atoms with Crippen LogP contribution in [0.2, 0.25) is 0 Å². The van der Waals surface area contributed by atoms with Crippen molar-refractivity contribution in [1.29, 1.82) is 0 Å². The predicted octanol–water partition coefficient (Wildman–Crippen LogP) is 4.39. The van der Waals surface area contributed by atoms with Crippen molar-refractivity contribution in [2.75, 3.05) is 0 Å². The first-order chi connectivity index (χ1) is 8.24. The summed E-state index contributed by atoms with van der Waals surface area (Å²) in [5.74, 6) is -0.194. The molecule has 0 amide bonds. The SMILES string of the molecule is Cc1ccc(C/C=C/c2ccc(F)cc2)cc1.